The van der Waals surface area contributed by atoms with Gasteiger partial charge in [-0.15, -0.1) is 11.6 Å². The Kier molecular flexibility index (Phi) is 4.02. The zero-order valence-corrected chi connectivity index (χ0v) is 12.0. The Morgan fingerprint density at radius 1 is 1.29 bits per heavy atom. The topological polar surface area (TPSA) is 22.4 Å². The highest BCUT2D eigenvalue weighted by Crippen LogP contribution is 2.37. The van der Waals surface area contributed by atoms with E-state index in [9.17, 15) is 0 Å². The summed E-state index contributed by atoms with van der Waals surface area (Å²) in [5, 5.41) is 0.173. The van der Waals surface area contributed by atoms with Crippen LogP contribution >= 0.6 is 39.1 Å². The van der Waals surface area contributed by atoms with E-state index in [-0.39, 0.29) is 0 Å². The highest BCUT2D eigenvalue weighted by atomic mass is 79.9. The molecule has 1 heterocycles. The van der Waals surface area contributed by atoms with Gasteiger partial charge in [0, 0.05) is 10.6 Å². The summed E-state index contributed by atoms with van der Waals surface area (Å²) < 4.78 is 11.3. The highest BCUT2D eigenvalue weighted by Gasteiger charge is 2.19. The fourth-order valence-electron chi connectivity index (χ4n) is 1.52. The molecule has 0 bridgehead atoms. The molecule has 1 unspecified atom stereocenters. The minimum atomic E-state index is -0.435. The Balaban J connectivity index is 2.42. The van der Waals surface area contributed by atoms with Crippen LogP contribution in [0.1, 0.15) is 16.7 Å². The number of hydrogen-bond donors (Lipinski definition) is 0. The molecule has 0 aliphatic carbocycles. The largest absolute Gasteiger partial charge is 0.496 e. The molecule has 0 aliphatic rings. The summed E-state index contributed by atoms with van der Waals surface area (Å²) in [7, 11) is 1.59. The van der Waals surface area contributed by atoms with Crippen molar-refractivity contribution in [2.75, 3.05) is 7.11 Å². The van der Waals surface area contributed by atoms with Crippen molar-refractivity contribution < 1.29 is 9.15 Å². The van der Waals surface area contributed by atoms with Gasteiger partial charge in [0.25, 0.3) is 0 Å². The zero-order valence-electron chi connectivity index (χ0n) is 8.91. The van der Waals surface area contributed by atoms with Gasteiger partial charge in [-0.3, -0.25) is 0 Å². The first kappa shape index (κ1) is 12.8. The van der Waals surface area contributed by atoms with Crippen LogP contribution in [-0.2, 0) is 0 Å². The van der Waals surface area contributed by atoms with E-state index in [1.807, 2.05) is 6.07 Å². The molecule has 2 rings (SSSR count). The van der Waals surface area contributed by atoms with Gasteiger partial charge in [0.05, 0.1) is 7.11 Å². The average Bonchev–Trinajstić information content (AvgIpc) is 2.75. The molecule has 0 spiro atoms. The smallest absolute Gasteiger partial charge is 0.169 e. The second-order valence-electron chi connectivity index (χ2n) is 3.39. The van der Waals surface area contributed by atoms with E-state index >= 15 is 0 Å². The van der Waals surface area contributed by atoms with Gasteiger partial charge in [-0.05, 0) is 46.3 Å². The Morgan fingerprint density at radius 3 is 2.65 bits per heavy atom. The van der Waals surface area contributed by atoms with Gasteiger partial charge in [0.1, 0.15) is 16.9 Å². The fourth-order valence-corrected chi connectivity index (χ4v) is 2.31. The predicted octanol–water partition coefficient (Wildman–Crippen LogP) is 5.03. The summed E-state index contributed by atoms with van der Waals surface area (Å²) >= 11 is 15.5. The van der Waals surface area contributed by atoms with E-state index in [4.69, 9.17) is 32.4 Å². The SMILES string of the molecule is COc1ccc(Cl)cc1C(Cl)c1ccc(Br)o1. The minimum absolute atomic E-state index is 0.435. The summed E-state index contributed by atoms with van der Waals surface area (Å²) in [6, 6.07) is 8.91. The van der Waals surface area contributed by atoms with Crippen molar-refractivity contribution in [2.24, 2.45) is 0 Å². The highest BCUT2D eigenvalue weighted by molar-refractivity contribution is 9.10. The molecule has 0 saturated carbocycles. The summed E-state index contributed by atoms with van der Waals surface area (Å²) in [4.78, 5) is 0. The summed E-state index contributed by atoms with van der Waals surface area (Å²) in [5.41, 5.74) is 0.781. The Bertz CT molecular complexity index is 525. The molecule has 1 aromatic carbocycles. The van der Waals surface area contributed by atoms with Crippen LogP contribution in [0, 0.1) is 0 Å². The summed E-state index contributed by atoms with van der Waals surface area (Å²) in [6.07, 6.45) is 0. The summed E-state index contributed by atoms with van der Waals surface area (Å²) in [5.74, 6) is 1.32. The lowest BCUT2D eigenvalue weighted by molar-refractivity contribution is 0.407. The van der Waals surface area contributed by atoms with E-state index in [1.165, 1.54) is 0 Å². The van der Waals surface area contributed by atoms with Crippen LogP contribution in [0.4, 0.5) is 0 Å². The number of alkyl halides is 1. The average molecular weight is 336 g/mol. The van der Waals surface area contributed by atoms with Crippen LogP contribution in [0.5, 0.6) is 5.75 Å². The maximum absolute atomic E-state index is 6.35. The molecule has 1 aromatic heterocycles. The number of methoxy groups -OCH3 is 1. The van der Waals surface area contributed by atoms with Crippen LogP contribution in [0.2, 0.25) is 5.02 Å². The predicted molar refractivity (Wildman–Crippen MR) is 72.1 cm³/mol. The van der Waals surface area contributed by atoms with Crippen LogP contribution in [-0.4, -0.2) is 7.11 Å². The lowest BCUT2D eigenvalue weighted by Crippen LogP contribution is -1.96. The number of ether oxygens (including phenoxy) is 1. The molecule has 2 nitrogen and oxygen atoms in total. The molecule has 2 aromatic rings. The van der Waals surface area contributed by atoms with Crippen LogP contribution in [0.15, 0.2) is 39.4 Å². The van der Waals surface area contributed by atoms with Crippen molar-refractivity contribution >= 4 is 39.1 Å². The lowest BCUT2D eigenvalue weighted by Gasteiger charge is -2.12. The molecule has 1 atom stereocenters. The van der Waals surface area contributed by atoms with Crippen molar-refractivity contribution in [3.63, 3.8) is 0 Å². The number of halogens is 3. The standard InChI is InChI=1S/C12H9BrCl2O2/c1-16-9-3-2-7(14)6-8(9)12(15)10-4-5-11(13)17-10/h2-6,12H,1H3. The first-order valence-electron chi connectivity index (χ1n) is 4.84. The molecular formula is C12H9BrCl2O2. The number of furan rings is 1. The molecule has 5 heteroatoms. The van der Waals surface area contributed by atoms with Crippen molar-refractivity contribution in [1.82, 2.24) is 0 Å². The van der Waals surface area contributed by atoms with Crippen molar-refractivity contribution in [2.45, 2.75) is 5.38 Å². The number of rotatable bonds is 3. The third-order valence-corrected chi connectivity index (χ3v) is 3.42. The normalized spacial score (nSPS) is 12.5. The number of benzene rings is 1. The molecule has 0 fully saturated rings. The third-order valence-electron chi connectivity index (χ3n) is 2.31. The van der Waals surface area contributed by atoms with Crippen molar-refractivity contribution in [1.29, 1.82) is 0 Å². The van der Waals surface area contributed by atoms with Gasteiger partial charge in [0.15, 0.2) is 4.67 Å². The molecular weight excluding hydrogens is 327 g/mol. The Hall–Kier alpha value is -0.640. The van der Waals surface area contributed by atoms with Crippen LogP contribution < -0.4 is 4.74 Å². The molecule has 17 heavy (non-hydrogen) atoms. The Labute approximate surface area is 118 Å². The van der Waals surface area contributed by atoms with Crippen molar-refractivity contribution in [3.05, 3.63) is 51.3 Å². The summed E-state index contributed by atoms with van der Waals surface area (Å²) in [6.45, 7) is 0. The molecule has 0 saturated heterocycles. The maximum Gasteiger partial charge on any atom is 0.169 e. The maximum atomic E-state index is 6.35. The van der Waals surface area contributed by atoms with Crippen molar-refractivity contribution in [3.8, 4) is 5.75 Å². The van der Waals surface area contributed by atoms with Gasteiger partial charge in [-0.2, -0.15) is 0 Å². The second kappa shape index (κ2) is 5.34. The molecule has 90 valence electrons. The van der Waals surface area contributed by atoms with Gasteiger partial charge in [-0.25, -0.2) is 0 Å². The van der Waals surface area contributed by atoms with Gasteiger partial charge in [0.2, 0.25) is 0 Å². The molecule has 0 radical (unpaired) electrons. The first-order valence-corrected chi connectivity index (χ1v) is 6.45. The van der Waals surface area contributed by atoms with E-state index in [0.29, 0.717) is 21.2 Å². The Morgan fingerprint density at radius 2 is 2.06 bits per heavy atom. The van der Waals surface area contributed by atoms with Crippen LogP contribution in [0.3, 0.4) is 0 Å². The van der Waals surface area contributed by atoms with Gasteiger partial charge < -0.3 is 9.15 Å². The fraction of sp³-hybridized carbons (Fsp3) is 0.167. The quantitative estimate of drug-likeness (QED) is 0.734. The minimum Gasteiger partial charge on any atom is -0.496 e. The van der Waals surface area contributed by atoms with Gasteiger partial charge in [-0.1, -0.05) is 11.6 Å². The van der Waals surface area contributed by atoms with Crippen LogP contribution in [0.25, 0.3) is 0 Å². The van der Waals surface area contributed by atoms with E-state index < -0.39 is 5.38 Å². The third kappa shape index (κ3) is 2.79. The number of hydrogen-bond acceptors (Lipinski definition) is 2. The van der Waals surface area contributed by atoms with E-state index in [1.54, 1.807) is 31.4 Å². The zero-order chi connectivity index (χ0) is 12.4. The monoisotopic (exact) mass is 334 g/mol. The van der Waals surface area contributed by atoms with E-state index in [0.717, 1.165) is 5.56 Å². The first-order chi connectivity index (χ1) is 8.11. The molecule has 0 aliphatic heterocycles. The second-order valence-corrected chi connectivity index (χ2v) is 5.05. The molecule has 0 amide bonds. The van der Waals surface area contributed by atoms with E-state index in [2.05, 4.69) is 15.9 Å². The molecule has 0 N–H and O–H groups in total. The lowest BCUT2D eigenvalue weighted by atomic mass is 10.1. The van der Waals surface area contributed by atoms with Gasteiger partial charge >= 0.3 is 0 Å².